The van der Waals surface area contributed by atoms with Gasteiger partial charge in [-0.25, -0.2) is 4.79 Å². The zero-order chi connectivity index (χ0) is 20.1. The molecule has 1 heterocycles. The molecule has 0 aromatic heterocycles. The summed E-state index contributed by atoms with van der Waals surface area (Å²) in [6.45, 7) is 5.16. The van der Waals surface area contributed by atoms with E-state index in [0.29, 0.717) is 36.6 Å². The third-order valence-corrected chi connectivity index (χ3v) is 4.59. The lowest BCUT2D eigenvalue weighted by Crippen LogP contribution is -2.28. The molecular formula is C21H22N4O3. The smallest absolute Gasteiger partial charge is 0.317 e. The van der Waals surface area contributed by atoms with Gasteiger partial charge in [-0.15, -0.1) is 0 Å². The van der Waals surface area contributed by atoms with Gasteiger partial charge in [0, 0.05) is 43.6 Å². The Kier molecular flexibility index (Phi) is 5.74. The number of likely N-dealkylation sites (N-methyl/N-ethyl adjacent to an activating group) is 1. The second kappa shape index (κ2) is 8.39. The van der Waals surface area contributed by atoms with Crippen LogP contribution in [0.2, 0.25) is 0 Å². The Hall–Kier alpha value is -3.61. The van der Waals surface area contributed by atoms with E-state index in [-0.39, 0.29) is 17.8 Å². The molecule has 28 heavy (non-hydrogen) atoms. The summed E-state index contributed by atoms with van der Waals surface area (Å²) in [5, 5.41) is 5.67. The van der Waals surface area contributed by atoms with Crippen LogP contribution in [-0.4, -0.2) is 42.9 Å². The summed E-state index contributed by atoms with van der Waals surface area (Å²) < 4.78 is 0. The monoisotopic (exact) mass is 378 g/mol. The fourth-order valence-corrected chi connectivity index (χ4v) is 2.94. The largest absolute Gasteiger partial charge is 0.336 e. The summed E-state index contributed by atoms with van der Waals surface area (Å²) in [6, 6.07) is 14.0. The zero-order valence-electron chi connectivity index (χ0n) is 15.6. The normalized spacial score (nSPS) is 13.0. The summed E-state index contributed by atoms with van der Waals surface area (Å²) in [7, 11) is 1.64. The highest BCUT2D eigenvalue weighted by molar-refractivity contribution is 6.05. The summed E-state index contributed by atoms with van der Waals surface area (Å²) in [5.41, 5.74) is 2.66. The van der Waals surface area contributed by atoms with Crippen molar-refractivity contribution in [2.75, 3.05) is 30.4 Å². The van der Waals surface area contributed by atoms with Crippen LogP contribution in [0.3, 0.4) is 0 Å². The van der Waals surface area contributed by atoms with Gasteiger partial charge in [0.05, 0.1) is 0 Å². The van der Waals surface area contributed by atoms with Crippen molar-refractivity contribution in [1.29, 1.82) is 0 Å². The van der Waals surface area contributed by atoms with Gasteiger partial charge in [0.2, 0.25) is 5.91 Å². The number of urea groups is 1. The van der Waals surface area contributed by atoms with Gasteiger partial charge in [-0.1, -0.05) is 24.8 Å². The van der Waals surface area contributed by atoms with Gasteiger partial charge in [0.25, 0.3) is 5.91 Å². The topological polar surface area (TPSA) is 81.8 Å². The van der Waals surface area contributed by atoms with Gasteiger partial charge < -0.3 is 20.4 Å². The third-order valence-electron chi connectivity index (χ3n) is 4.59. The van der Waals surface area contributed by atoms with E-state index in [2.05, 4.69) is 17.2 Å². The maximum Gasteiger partial charge on any atom is 0.317 e. The number of benzene rings is 2. The SMILES string of the molecule is C=CC(=O)N(C)c1ccc(C(=O)Nc2ccccc2CN2CCNC2=O)cc1. The van der Waals surface area contributed by atoms with Crippen LogP contribution in [0, 0.1) is 0 Å². The highest BCUT2D eigenvalue weighted by Gasteiger charge is 2.21. The highest BCUT2D eigenvalue weighted by Crippen LogP contribution is 2.20. The van der Waals surface area contributed by atoms with E-state index >= 15 is 0 Å². The number of rotatable bonds is 6. The minimum atomic E-state index is -0.262. The standard InChI is InChI=1S/C21H22N4O3/c1-3-19(26)24(2)17-10-8-15(9-11-17)20(27)23-18-7-5-4-6-16(18)14-25-13-12-22-21(25)28/h3-11H,1,12-14H2,2H3,(H,22,28)(H,23,27). The highest BCUT2D eigenvalue weighted by atomic mass is 16.2. The van der Waals surface area contributed by atoms with Gasteiger partial charge in [-0.2, -0.15) is 0 Å². The third kappa shape index (κ3) is 4.20. The van der Waals surface area contributed by atoms with Crippen molar-refractivity contribution in [3.8, 4) is 0 Å². The van der Waals surface area contributed by atoms with Crippen molar-refractivity contribution in [2.45, 2.75) is 6.54 Å². The number of hydrogen-bond acceptors (Lipinski definition) is 3. The molecule has 7 nitrogen and oxygen atoms in total. The fourth-order valence-electron chi connectivity index (χ4n) is 2.94. The van der Waals surface area contributed by atoms with Crippen molar-refractivity contribution in [1.82, 2.24) is 10.2 Å². The molecule has 0 unspecified atom stereocenters. The molecule has 1 fully saturated rings. The molecule has 1 saturated heterocycles. The van der Waals surface area contributed by atoms with Crippen molar-refractivity contribution in [2.24, 2.45) is 0 Å². The van der Waals surface area contributed by atoms with E-state index < -0.39 is 0 Å². The quantitative estimate of drug-likeness (QED) is 0.758. The van der Waals surface area contributed by atoms with E-state index in [9.17, 15) is 14.4 Å². The minimum absolute atomic E-state index is 0.102. The van der Waals surface area contributed by atoms with Crippen molar-refractivity contribution in [3.63, 3.8) is 0 Å². The second-order valence-corrected chi connectivity index (χ2v) is 6.41. The molecule has 3 rings (SSSR count). The van der Waals surface area contributed by atoms with Crippen LogP contribution in [0.1, 0.15) is 15.9 Å². The number of carbonyl (C=O) groups excluding carboxylic acids is 3. The number of amides is 4. The van der Waals surface area contributed by atoms with Crippen LogP contribution in [0.4, 0.5) is 16.2 Å². The lowest BCUT2D eigenvalue weighted by atomic mass is 10.1. The van der Waals surface area contributed by atoms with Crippen LogP contribution in [0.5, 0.6) is 0 Å². The summed E-state index contributed by atoms with van der Waals surface area (Å²) in [6.07, 6.45) is 1.23. The predicted molar refractivity (Wildman–Crippen MR) is 108 cm³/mol. The molecular weight excluding hydrogens is 356 g/mol. The number of nitrogens with zero attached hydrogens (tertiary/aromatic N) is 2. The Morgan fingerprint density at radius 3 is 2.57 bits per heavy atom. The van der Waals surface area contributed by atoms with E-state index in [0.717, 1.165) is 5.56 Å². The second-order valence-electron chi connectivity index (χ2n) is 6.41. The molecule has 2 aromatic rings. The first-order valence-corrected chi connectivity index (χ1v) is 8.92. The molecule has 0 aliphatic carbocycles. The lowest BCUT2D eigenvalue weighted by Gasteiger charge is -2.18. The molecule has 0 radical (unpaired) electrons. The summed E-state index contributed by atoms with van der Waals surface area (Å²) in [4.78, 5) is 39.2. The molecule has 4 amide bonds. The van der Waals surface area contributed by atoms with Gasteiger partial charge in [0.15, 0.2) is 0 Å². The number of para-hydroxylation sites is 1. The van der Waals surface area contributed by atoms with Gasteiger partial charge >= 0.3 is 6.03 Å². The van der Waals surface area contributed by atoms with Crippen LogP contribution in [0.25, 0.3) is 0 Å². The van der Waals surface area contributed by atoms with Crippen LogP contribution >= 0.6 is 0 Å². The number of nitrogens with one attached hydrogen (secondary N) is 2. The molecule has 1 aliphatic rings. The molecule has 0 spiro atoms. The minimum Gasteiger partial charge on any atom is -0.336 e. The first-order valence-electron chi connectivity index (χ1n) is 8.92. The molecule has 0 bridgehead atoms. The number of anilines is 2. The lowest BCUT2D eigenvalue weighted by molar-refractivity contribution is -0.113. The van der Waals surface area contributed by atoms with E-state index in [1.807, 2.05) is 24.3 Å². The zero-order valence-corrected chi connectivity index (χ0v) is 15.6. The van der Waals surface area contributed by atoms with Crippen LogP contribution < -0.4 is 15.5 Å². The average Bonchev–Trinajstić information content (AvgIpc) is 3.12. The maximum absolute atomic E-state index is 12.6. The Morgan fingerprint density at radius 2 is 1.93 bits per heavy atom. The van der Waals surface area contributed by atoms with Gasteiger partial charge in [0.1, 0.15) is 0 Å². The fraction of sp³-hybridized carbons (Fsp3) is 0.190. The van der Waals surface area contributed by atoms with Crippen molar-refractivity contribution >= 4 is 29.2 Å². The van der Waals surface area contributed by atoms with Crippen molar-refractivity contribution in [3.05, 3.63) is 72.3 Å². The number of hydrogen-bond donors (Lipinski definition) is 2. The summed E-state index contributed by atoms with van der Waals surface area (Å²) >= 11 is 0. The van der Waals surface area contributed by atoms with Crippen LogP contribution in [0.15, 0.2) is 61.2 Å². The number of carbonyl (C=O) groups is 3. The summed E-state index contributed by atoms with van der Waals surface area (Å²) in [5.74, 6) is -0.486. The molecule has 2 N–H and O–H groups in total. The molecule has 7 heteroatoms. The predicted octanol–water partition coefficient (Wildman–Crippen LogP) is 2.61. The molecule has 1 aliphatic heterocycles. The Morgan fingerprint density at radius 1 is 1.21 bits per heavy atom. The van der Waals surface area contributed by atoms with Crippen molar-refractivity contribution < 1.29 is 14.4 Å². The Bertz CT molecular complexity index is 908. The maximum atomic E-state index is 12.6. The van der Waals surface area contributed by atoms with Gasteiger partial charge in [-0.3, -0.25) is 9.59 Å². The Labute approximate surface area is 163 Å². The van der Waals surface area contributed by atoms with E-state index in [1.54, 1.807) is 36.2 Å². The molecule has 2 aromatic carbocycles. The Balaban J connectivity index is 1.72. The molecule has 0 atom stereocenters. The molecule has 0 saturated carbocycles. The first-order chi connectivity index (χ1) is 13.5. The van der Waals surface area contributed by atoms with Gasteiger partial charge in [-0.05, 0) is 42.0 Å². The van der Waals surface area contributed by atoms with E-state index in [1.165, 1.54) is 11.0 Å². The van der Waals surface area contributed by atoms with Crippen LogP contribution in [-0.2, 0) is 11.3 Å². The molecule has 144 valence electrons. The van der Waals surface area contributed by atoms with E-state index in [4.69, 9.17) is 0 Å². The first kappa shape index (κ1) is 19.2. The average molecular weight is 378 g/mol.